The SMILES string of the molecule is Cc1cc(SSc2nc3ccccc3s2)cc(SSc2nc3ccccc3s2)c1. The first-order valence-electron chi connectivity index (χ1n) is 8.75. The van der Waals surface area contributed by atoms with Crippen LogP contribution in [0.5, 0.6) is 0 Å². The number of aryl methyl sites for hydroxylation is 1. The maximum atomic E-state index is 4.71. The topological polar surface area (TPSA) is 25.8 Å². The molecule has 0 saturated heterocycles. The molecule has 2 heterocycles. The van der Waals surface area contributed by atoms with Gasteiger partial charge in [-0.15, -0.1) is 22.7 Å². The summed E-state index contributed by atoms with van der Waals surface area (Å²) in [5.41, 5.74) is 3.42. The van der Waals surface area contributed by atoms with Crippen molar-refractivity contribution >= 4 is 86.3 Å². The van der Waals surface area contributed by atoms with Crippen LogP contribution in [0.25, 0.3) is 20.4 Å². The van der Waals surface area contributed by atoms with Gasteiger partial charge in [0.05, 0.1) is 20.4 Å². The fourth-order valence-electron chi connectivity index (χ4n) is 2.75. The molecule has 0 saturated carbocycles. The molecule has 0 unspecified atom stereocenters. The quantitative estimate of drug-likeness (QED) is 0.222. The number of thiazole rings is 2. The molecule has 0 bridgehead atoms. The van der Waals surface area contributed by atoms with E-state index < -0.39 is 0 Å². The average Bonchev–Trinajstić information content (AvgIpc) is 3.33. The van der Waals surface area contributed by atoms with Crippen molar-refractivity contribution < 1.29 is 0 Å². The third-order valence-electron chi connectivity index (χ3n) is 3.99. The van der Waals surface area contributed by atoms with Crippen molar-refractivity contribution in [1.82, 2.24) is 9.97 Å². The molecule has 0 fully saturated rings. The van der Waals surface area contributed by atoms with Gasteiger partial charge in [0.1, 0.15) is 0 Å². The van der Waals surface area contributed by atoms with Gasteiger partial charge in [-0.3, -0.25) is 0 Å². The Bertz CT molecular complexity index is 1130. The molecule has 29 heavy (non-hydrogen) atoms. The maximum absolute atomic E-state index is 4.71. The highest BCUT2D eigenvalue weighted by molar-refractivity contribution is 8.77. The minimum absolute atomic E-state index is 1.08. The van der Waals surface area contributed by atoms with Gasteiger partial charge >= 0.3 is 0 Å². The molecule has 5 rings (SSSR count). The number of para-hydroxylation sites is 2. The molecule has 0 atom stereocenters. The standard InChI is InChI=1S/C21H14N2S6/c1-13-10-14(26-28-20-22-16-6-2-4-8-18(16)24-20)12-15(11-13)27-29-21-23-17-7-3-5-9-19(17)25-21/h2-12H,1H3. The number of benzene rings is 3. The van der Waals surface area contributed by atoms with Gasteiger partial charge in [0.2, 0.25) is 0 Å². The van der Waals surface area contributed by atoms with Crippen molar-refractivity contribution in [3.63, 3.8) is 0 Å². The zero-order valence-electron chi connectivity index (χ0n) is 15.2. The van der Waals surface area contributed by atoms with Crippen LogP contribution < -0.4 is 0 Å². The molecule has 144 valence electrons. The Morgan fingerprint density at radius 3 is 1.59 bits per heavy atom. The van der Waals surface area contributed by atoms with E-state index in [9.17, 15) is 0 Å². The minimum Gasteiger partial charge on any atom is -0.229 e. The highest BCUT2D eigenvalue weighted by atomic mass is 33.1. The van der Waals surface area contributed by atoms with Crippen LogP contribution in [0.4, 0.5) is 0 Å². The van der Waals surface area contributed by atoms with E-state index in [0.29, 0.717) is 0 Å². The van der Waals surface area contributed by atoms with E-state index in [0.717, 1.165) is 19.7 Å². The van der Waals surface area contributed by atoms with Gasteiger partial charge in [-0.1, -0.05) is 45.9 Å². The highest BCUT2D eigenvalue weighted by Crippen LogP contribution is 2.45. The summed E-state index contributed by atoms with van der Waals surface area (Å²) >= 11 is 3.50. The third kappa shape index (κ3) is 4.78. The van der Waals surface area contributed by atoms with Gasteiger partial charge in [-0.25, -0.2) is 9.97 Å². The predicted molar refractivity (Wildman–Crippen MR) is 134 cm³/mol. The van der Waals surface area contributed by atoms with Crippen LogP contribution in [-0.2, 0) is 0 Å². The van der Waals surface area contributed by atoms with Gasteiger partial charge in [-0.05, 0) is 76.5 Å². The summed E-state index contributed by atoms with van der Waals surface area (Å²) in [5.74, 6) is 0. The molecular weight excluding hydrogens is 473 g/mol. The van der Waals surface area contributed by atoms with E-state index in [2.05, 4.69) is 61.5 Å². The molecule has 0 amide bonds. The van der Waals surface area contributed by atoms with E-state index in [1.807, 2.05) is 12.1 Å². The lowest BCUT2D eigenvalue weighted by molar-refractivity contribution is 1.27. The zero-order chi connectivity index (χ0) is 19.6. The van der Waals surface area contributed by atoms with Crippen molar-refractivity contribution in [2.24, 2.45) is 0 Å². The second-order valence-electron chi connectivity index (χ2n) is 6.21. The molecule has 0 N–H and O–H groups in total. The first-order chi connectivity index (χ1) is 14.2. The van der Waals surface area contributed by atoms with Crippen LogP contribution in [0.15, 0.2) is 85.2 Å². The van der Waals surface area contributed by atoms with Gasteiger partial charge in [0.15, 0.2) is 8.68 Å². The van der Waals surface area contributed by atoms with Crippen LogP contribution in [0.3, 0.4) is 0 Å². The third-order valence-corrected chi connectivity index (χ3v) is 11.4. The smallest absolute Gasteiger partial charge is 0.162 e. The zero-order valence-corrected chi connectivity index (χ0v) is 20.1. The normalized spacial score (nSPS) is 11.5. The molecule has 0 aliphatic carbocycles. The molecule has 2 nitrogen and oxygen atoms in total. The van der Waals surface area contributed by atoms with Crippen LogP contribution >= 0.6 is 65.8 Å². The number of rotatable bonds is 6. The summed E-state index contributed by atoms with van der Waals surface area (Å²) in [6.45, 7) is 2.15. The molecule has 3 aromatic carbocycles. The van der Waals surface area contributed by atoms with Crippen molar-refractivity contribution in [3.05, 3.63) is 72.3 Å². The minimum atomic E-state index is 1.08. The van der Waals surface area contributed by atoms with E-state index in [1.165, 1.54) is 24.8 Å². The predicted octanol–water partition coefficient (Wildman–Crippen LogP) is 8.81. The number of fused-ring (bicyclic) bond motifs is 2. The summed E-state index contributed by atoms with van der Waals surface area (Å²) in [6.07, 6.45) is 0. The van der Waals surface area contributed by atoms with Crippen molar-refractivity contribution in [3.8, 4) is 0 Å². The first kappa shape index (κ1) is 19.8. The second-order valence-corrected chi connectivity index (χ2v) is 13.2. The summed E-state index contributed by atoms with van der Waals surface area (Å²) in [6, 6.07) is 23.3. The molecule has 8 heteroatoms. The van der Waals surface area contributed by atoms with Gasteiger partial charge in [0.25, 0.3) is 0 Å². The van der Waals surface area contributed by atoms with Gasteiger partial charge in [0, 0.05) is 9.79 Å². The van der Waals surface area contributed by atoms with Crippen molar-refractivity contribution in [2.75, 3.05) is 0 Å². The van der Waals surface area contributed by atoms with Crippen molar-refractivity contribution in [1.29, 1.82) is 0 Å². The van der Waals surface area contributed by atoms with Crippen molar-refractivity contribution in [2.45, 2.75) is 25.4 Å². The highest BCUT2D eigenvalue weighted by Gasteiger charge is 2.09. The van der Waals surface area contributed by atoms with Crippen LogP contribution in [0.2, 0.25) is 0 Å². The Labute approximate surface area is 192 Å². The molecule has 0 spiro atoms. The summed E-state index contributed by atoms with van der Waals surface area (Å²) in [7, 11) is 7.01. The van der Waals surface area contributed by atoms with E-state index >= 15 is 0 Å². The molecule has 0 aliphatic heterocycles. The van der Waals surface area contributed by atoms with Crippen LogP contribution in [0, 0.1) is 6.92 Å². The summed E-state index contributed by atoms with van der Waals surface area (Å²) in [4.78, 5) is 11.9. The Morgan fingerprint density at radius 2 is 1.10 bits per heavy atom. The molecule has 5 aromatic rings. The van der Waals surface area contributed by atoms with E-state index in [4.69, 9.17) is 9.97 Å². The average molecular weight is 487 g/mol. The Kier molecular flexibility index (Phi) is 6.08. The Hall–Kier alpha value is -1.16. The maximum Gasteiger partial charge on any atom is 0.162 e. The number of aromatic nitrogens is 2. The summed E-state index contributed by atoms with van der Waals surface area (Å²) < 4.78 is 4.66. The molecule has 0 radical (unpaired) electrons. The number of hydrogen-bond donors (Lipinski definition) is 0. The first-order valence-corrected chi connectivity index (χ1v) is 14.7. The fourth-order valence-corrected chi connectivity index (χ4v) is 9.49. The second kappa shape index (κ2) is 8.91. The Morgan fingerprint density at radius 1 is 0.621 bits per heavy atom. The molecule has 0 aliphatic rings. The van der Waals surface area contributed by atoms with E-state index in [-0.39, 0.29) is 0 Å². The van der Waals surface area contributed by atoms with Gasteiger partial charge < -0.3 is 0 Å². The van der Waals surface area contributed by atoms with Gasteiger partial charge in [-0.2, -0.15) is 0 Å². The molecule has 2 aromatic heterocycles. The Balaban J connectivity index is 1.27. The molecular formula is C21H14N2S6. The lowest BCUT2D eigenvalue weighted by Gasteiger charge is -2.05. The van der Waals surface area contributed by atoms with Crippen LogP contribution in [-0.4, -0.2) is 9.97 Å². The lowest BCUT2D eigenvalue weighted by atomic mass is 10.2. The largest absolute Gasteiger partial charge is 0.229 e. The number of nitrogens with zero attached hydrogens (tertiary/aromatic N) is 2. The lowest BCUT2D eigenvalue weighted by Crippen LogP contribution is -1.77. The fraction of sp³-hybridized carbons (Fsp3) is 0.0476. The van der Waals surface area contributed by atoms with Crippen LogP contribution in [0.1, 0.15) is 5.56 Å². The summed E-state index contributed by atoms with van der Waals surface area (Å²) in [5, 5.41) is 0. The van der Waals surface area contributed by atoms with E-state index in [1.54, 1.807) is 65.8 Å². The number of hydrogen-bond acceptors (Lipinski definition) is 8. The monoisotopic (exact) mass is 486 g/mol.